The summed E-state index contributed by atoms with van der Waals surface area (Å²) in [6.45, 7) is 2.10. The van der Waals surface area contributed by atoms with Crippen molar-refractivity contribution in [2.75, 3.05) is 24.3 Å². The summed E-state index contributed by atoms with van der Waals surface area (Å²) in [7, 11) is 1.72. The van der Waals surface area contributed by atoms with Gasteiger partial charge in [0.15, 0.2) is 11.6 Å². The van der Waals surface area contributed by atoms with E-state index in [0.717, 1.165) is 5.69 Å². The van der Waals surface area contributed by atoms with Gasteiger partial charge in [0.1, 0.15) is 0 Å². The first-order valence-electron chi connectivity index (χ1n) is 6.93. The average Bonchev–Trinajstić information content (AvgIpc) is 3.02. The van der Waals surface area contributed by atoms with E-state index in [-0.39, 0.29) is 5.97 Å². The van der Waals surface area contributed by atoms with E-state index in [1.165, 1.54) is 0 Å². The fourth-order valence-corrected chi connectivity index (χ4v) is 1.94. The summed E-state index contributed by atoms with van der Waals surface area (Å²) >= 11 is 0. The standard InChI is InChI=1S/C14H14N6O3/c1-3-22-14(21)8-4-6-9(7-5-8)16-11-10(15-2)17-12-13(18-11)20-23-19-12/h4-7H,3H2,1-2H3,(H,15,17,19)(H,16,18,20). The van der Waals surface area contributed by atoms with Crippen LogP contribution in [0.4, 0.5) is 17.3 Å². The number of rotatable bonds is 5. The van der Waals surface area contributed by atoms with Crippen LogP contribution in [0, 0.1) is 0 Å². The highest BCUT2D eigenvalue weighted by atomic mass is 16.6. The summed E-state index contributed by atoms with van der Waals surface area (Å²) < 4.78 is 9.55. The van der Waals surface area contributed by atoms with Crippen LogP contribution in [0.25, 0.3) is 11.3 Å². The van der Waals surface area contributed by atoms with E-state index in [2.05, 4.69) is 35.5 Å². The monoisotopic (exact) mass is 314 g/mol. The highest BCUT2D eigenvalue weighted by Gasteiger charge is 2.12. The second-order valence-electron chi connectivity index (χ2n) is 4.51. The largest absolute Gasteiger partial charge is 0.462 e. The lowest BCUT2D eigenvalue weighted by Crippen LogP contribution is -2.05. The van der Waals surface area contributed by atoms with Gasteiger partial charge in [-0.1, -0.05) is 0 Å². The maximum absolute atomic E-state index is 11.6. The second kappa shape index (κ2) is 6.26. The van der Waals surface area contributed by atoms with Crippen LogP contribution in [0.5, 0.6) is 0 Å². The number of nitrogens with zero attached hydrogens (tertiary/aromatic N) is 4. The van der Waals surface area contributed by atoms with E-state index in [1.807, 2.05) is 0 Å². The number of carbonyl (C=O) groups is 1. The summed E-state index contributed by atoms with van der Waals surface area (Å²) in [6.07, 6.45) is 0. The number of hydrogen-bond donors (Lipinski definition) is 2. The molecule has 23 heavy (non-hydrogen) atoms. The zero-order valence-corrected chi connectivity index (χ0v) is 12.5. The van der Waals surface area contributed by atoms with Crippen LogP contribution < -0.4 is 10.6 Å². The molecule has 0 fully saturated rings. The summed E-state index contributed by atoms with van der Waals surface area (Å²) in [4.78, 5) is 20.2. The molecule has 1 aromatic carbocycles. The topological polar surface area (TPSA) is 115 Å². The van der Waals surface area contributed by atoms with Crippen molar-refractivity contribution in [2.45, 2.75) is 6.92 Å². The van der Waals surface area contributed by atoms with Crippen molar-refractivity contribution in [3.8, 4) is 0 Å². The van der Waals surface area contributed by atoms with Crippen molar-refractivity contribution in [3.05, 3.63) is 29.8 Å². The number of carbonyl (C=O) groups excluding carboxylic acids is 1. The second-order valence-corrected chi connectivity index (χ2v) is 4.51. The predicted molar refractivity (Wildman–Crippen MR) is 82.6 cm³/mol. The Labute approximate surface area is 131 Å². The molecule has 0 spiro atoms. The van der Waals surface area contributed by atoms with Gasteiger partial charge in [0.05, 0.1) is 12.2 Å². The normalized spacial score (nSPS) is 10.5. The Kier molecular flexibility index (Phi) is 4.00. The van der Waals surface area contributed by atoms with E-state index in [4.69, 9.17) is 4.74 Å². The molecule has 0 bridgehead atoms. The van der Waals surface area contributed by atoms with Crippen molar-refractivity contribution in [2.24, 2.45) is 0 Å². The van der Waals surface area contributed by atoms with Gasteiger partial charge in [0.25, 0.3) is 0 Å². The molecule has 0 unspecified atom stereocenters. The van der Waals surface area contributed by atoms with E-state index < -0.39 is 0 Å². The van der Waals surface area contributed by atoms with Gasteiger partial charge < -0.3 is 15.4 Å². The molecule has 2 aromatic heterocycles. The van der Waals surface area contributed by atoms with E-state index >= 15 is 0 Å². The Bertz CT molecular complexity index is 830. The van der Waals surface area contributed by atoms with E-state index in [1.54, 1.807) is 38.2 Å². The minimum Gasteiger partial charge on any atom is -0.462 e. The molecule has 0 atom stereocenters. The lowest BCUT2D eigenvalue weighted by atomic mass is 10.2. The number of esters is 1. The lowest BCUT2D eigenvalue weighted by molar-refractivity contribution is 0.0526. The molecule has 9 nitrogen and oxygen atoms in total. The van der Waals surface area contributed by atoms with Crippen LogP contribution in [-0.4, -0.2) is 39.9 Å². The Balaban J connectivity index is 1.85. The van der Waals surface area contributed by atoms with Gasteiger partial charge in [-0.2, -0.15) is 0 Å². The van der Waals surface area contributed by atoms with Crippen molar-refractivity contribution in [1.29, 1.82) is 0 Å². The molecule has 2 heterocycles. The zero-order chi connectivity index (χ0) is 16.2. The van der Waals surface area contributed by atoms with Gasteiger partial charge in [-0.3, -0.25) is 0 Å². The third-order valence-electron chi connectivity index (χ3n) is 3.01. The van der Waals surface area contributed by atoms with Crippen molar-refractivity contribution < 1.29 is 14.2 Å². The van der Waals surface area contributed by atoms with Gasteiger partial charge in [-0.15, -0.1) is 0 Å². The molecular weight excluding hydrogens is 300 g/mol. The molecule has 9 heteroatoms. The number of anilines is 3. The fraction of sp³-hybridized carbons (Fsp3) is 0.214. The van der Waals surface area contributed by atoms with Crippen molar-refractivity contribution in [1.82, 2.24) is 20.3 Å². The minimum absolute atomic E-state index is 0.301. The number of ether oxygens (including phenoxy) is 1. The van der Waals surface area contributed by atoms with E-state index in [0.29, 0.717) is 35.1 Å². The van der Waals surface area contributed by atoms with Crippen LogP contribution in [-0.2, 0) is 4.74 Å². The highest BCUT2D eigenvalue weighted by Crippen LogP contribution is 2.23. The van der Waals surface area contributed by atoms with Crippen LogP contribution in [0.1, 0.15) is 17.3 Å². The Morgan fingerprint density at radius 3 is 2.39 bits per heavy atom. The Morgan fingerprint density at radius 2 is 1.78 bits per heavy atom. The van der Waals surface area contributed by atoms with Gasteiger partial charge in [0, 0.05) is 12.7 Å². The maximum atomic E-state index is 11.6. The van der Waals surface area contributed by atoms with Crippen LogP contribution in [0.2, 0.25) is 0 Å². The predicted octanol–water partition coefficient (Wildman–Crippen LogP) is 1.97. The molecule has 0 amide bonds. The fourth-order valence-electron chi connectivity index (χ4n) is 1.94. The molecular formula is C14H14N6O3. The Hall–Kier alpha value is -3.23. The summed E-state index contributed by atoms with van der Waals surface area (Å²) in [5.74, 6) is 0.618. The number of fused-ring (bicyclic) bond motifs is 1. The van der Waals surface area contributed by atoms with Crippen molar-refractivity contribution >= 4 is 34.6 Å². The molecule has 0 aliphatic carbocycles. The molecule has 0 radical (unpaired) electrons. The first kappa shape index (κ1) is 14.7. The molecule has 3 aromatic rings. The lowest BCUT2D eigenvalue weighted by Gasteiger charge is -2.09. The number of benzene rings is 1. The van der Waals surface area contributed by atoms with Gasteiger partial charge in [0.2, 0.25) is 11.3 Å². The third-order valence-corrected chi connectivity index (χ3v) is 3.01. The van der Waals surface area contributed by atoms with Crippen LogP contribution in [0.3, 0.4) is 0 Å². The summed E-state index contributed by atoms with van der Waals surface area (Å²) in [6, 6.07) is 6.84. The van der Waals surface area contributed by atoms with Gasteiger partial charge >= 0.3 is 5.97 Å². The van der Waals surface area contributed by atoms with Crippen LogP contribution in [0.15, 0.2) is 28.9 Å². The molecule has 2 N–H and O–H groups in total. The highest BCUT2D eigenvalue weighted by molar-refractivity contribution is 5.90. The average molecular weight is 314 g/mol. The molecule has 3 rings (SSSR count). The maximum Gasteiger partial charge on any atom is 0.338 e. The molecule has 0 saturated heterocycles. The molecule has 0 saturated carbocycles. The Morgan fingerprint density at radius 1 is 1.13 bits per heavy atom. The molecule has 118 valence electrons. The third kappa shape index (κ3) is 3.03. The SMILES string of the molecule is CCOC(=O)c1ccc(Nc2nc3nonc3nc2NC)cc1. The van der Waals surface area contributed by atoms with Crippen LogP contribution >= 0.6 is 0 Å². The van der Waals surface area contributed by atoms with Gasteiger partial charge in [-0.25, -0.2) is 19.4 Å². The minimum atomic E-state index is -0.357. The van der Waals surface area contributed by atoms with Crippen molar-refractivity contribution in [3.63, 3.8) is 0 Å². The molecule has 0 aliphatic heterocycles. The molecule has 0 aliphatic rings. The first-order chi connectivity index (χ1) is 11.2. The zero-order valence-electron chi connectivity index (χ0n) is 12.5. The summed E-state index contributed by atoms with van der Waals surface area (Å²) in [5, 5.41) is 13.3. The van der Waals surface area contributed by atoms with E-state index in [9.17, 15) is 4.79 Å². The number of nitrogens with one attached hydrogen (secondary N) is 2. The number of aromatic nitrogens is 4. The summed E-state index contributed by atoms with van der Waals surface area (Å²) in [5.41, 5.74) is 1.83. The van der Waals surface area contributed by atoms with Gasteiger partial charge in [-0.05, 0) is 41.5 Å². The quantitative estimate of drug-likeness (QED) is 0.682. The number of hydrogen-bond acceptors (Lipinski definition) is 9. The first-order valence-corrected chi connectivity index (χ1v) is 6.93. The smallest absolute Gasteiger partial charge is 0.338 e.